The molecule has 1 aliphatic heterocycles. The van der Waals surface area contributed by atoms with Gasteiger partial charge in [0.1, 0.15) is 6.10 Å². The number of carbonyl (C=O) groups is 1. The van der Waals surface area contributed by atoms with Crippen molar-refractivity contribution >= 4 is 5.97 Å². The molecule has 1 saturated carbocycles. The summed E-state index contributed by atoms with van der Waals surface area (Å²) in [5.41, 5.74) is 2.17. The fraction of sp³-hybridized carbons (Fsp3) is 0.591. The Labute approximate surface area is 152 Å². The highest BCUT2D eigenvalue weighted by atomic mass is 16.5. The number of rotatable bonds is 4. The van der Waals surface area contributed by atoms with E-state index in [2.05, 4.69) is 62.2 Å². The quantitative estimate of drug-likeness (QED) is 0.764. The van der Waals surface area contributed by atoms with Gasteiger partial charge in [0.15, 0.2) is 0 Å². The van der Waals surface area contributed by atoms with E-state index in [0.29, 0.717) is 12.5 Å². The molecule has 1 aromatic rings. The normalized spacial score (nSPS) is 25.3. The minimum absolute atomic E-state index is 0.00433. The van der Waals surface area contributed by atoms with Gasteiger partial charge in [0.2, 0.25) is 0 Å². The van der Waals surface area contributed by atoms with Crippen molar-refractivity contribution in [1.29, 1.82) is 0 Å². The maximum Gasteiger partial charge on any atom is 0.335 e. The largest absolute Gasteiger partial charge is 0.459 e. The third-order valence-electron chi connectivity index (χ3n) is 6.01. The van der Waals surface area contributed by atoms with Gasteiger partial charge in [-0.15, -0.1) is 0 Å². The van der Waals surface area contributed by atoms with Crippen LogP contribution in [0.4, 0.5) is 0 Å². The third-order valence-corrected chi connectivity index (χ3v) is 6.01. The van der Waals surface area contributed by atoms with Crippen molar-refractivity contribution < 1.29 is 9.53 Å². The highest BCUT2D eigenvalue weighted by molar-refractivity contribution is 5.89. The molecule has 1 heterocycles. The van der Waals surface area contributed by atoms with Crippen LogP contribution in [0, 0.1) is 5.92 Å². The topological polar surface area (TPSA) is 29.5 Å². The van der Waals surface area contributed by atoms with Gasteiger partial charge in [-0.05, 0) is 43.7 Å². The molecule has 0 bridgehead atoms. The van der Waals surface area contributed by atoms with Crippen LogP contribution in [0.5, 0.6) is 0 Å². The van der Waals surface area contributed by atoms with Gasteiger partial charge in [-0.25, -0.2) is 4.79 Å². The van der Waals surface area contributed by atoms with Gasteiger partial charge in [0, 0.05) is 24.6 Å². The fourth-order valence-electron chi connectivity index (χ4n) is 4.40. The maximum atomic E-state index is 12.7. The molecule has 0 aromatic heterocycles. The van der Waals surface area contributed by atoms with Crippen molar-refractivity contribution in [3.8, 4) is 0 Å². The van der Waals surface area contributed by atoms with E-state index in [1.807, 2.05) is 0 Å². The first-order valence-electron chi connectivity index (χ1n) is 9.62. The third kappa shape index (κ3) is 4.14. The van der Waals surface area contributed by atoms with E-state index in [0.717, 1.165) is 37.8 Å². The molecule has 3 heteroatoms. The van der Waals surface area contributed by atoms with Gasteiger partial charge in [-0.2, -0.15) is 0 Å². The molecule has 3 nitrogen and oxygen atoms in total. The SMILES string of the molecule is CN1CCC=C(C(=O)O[C@H]2CCCC[C@@H]2C(C)(C)c2ccccc2)C1. The summed E-state index contributed by atoms with van der Waals surface area (Å²) in [7, 11) is 2.06. The Morgan fingerprint density at radius 2 is 1.88 bits per heavy atom. The van der Waals surface area contributed by atoms with Crippen LogP contribution in [0.25, 0.3) is 0 Å². The van der Waals surface area contributed by atoms with Crippen LogP contribution in [0.2, 0.25) is 0 Å². The Kier molecular flexibility index (Phi) is 5.63. The first-order chi connectivity index (χ1) is 12.0. The number of hydrogen-bond donors (Lipinski definition) is 0. The van der Waals surface area contributed by atoms with Crippen molar-refractivity contribution in [2.24, 2.45) is 5.92 Å². The molecule has 3 rings (SSSR count). The first-order valence-corrected chi connectivity index (χ1v) is 9.62. The Morgan fingerprint density at radius 1 is 1.16 bits per heavy atom. The number of esters is 1. The van der Waals surface area contributed by atoms with Crippen molar-refractivity contribution in [1.82, 2.24) is 4.90 Å². The second kappa shape index (κ2) is 7.74. The lowest BCUT2D eigenvalue weighted by molar-refractivity contribution is -0.151. The molecule has 0 N–H and O–H groups in total. The van der Waals surface area contributed by atoms with Crippen LogP contribution in [0.3, 0.4) is 0 Å². The minimum atomic E-state index is -0.104. The zero-order valence-electron chi connectivity index (χ0n) is 15.8. The van der Waals surface area contributed by atoms with Gasteiger partial charge in [-0.3, -0.25) is 0 Å². The molecule has 0 radical (unpaired) electrons. The Morgan fingerprint density at radius 3 is 2.60 bits per heavy atom. The van der Waals surface area contributed by atoms with Crippen molar-refractivity contribution in [3.63, 3.8) is 0 Å². The van der Waals surface area contributed by atoms with Crippen LogP contribution in [0.1, 0.15) is 51.5 Å². The highest BCUT2D eigenvalue weighted by Gasteiger charge is 2.40. The van der Waals surface area contributed by atoms with E-state index in [-0.39, 0.29) is 17.5 Å². The zero-order valence-corrected chi connectivity index (χ0v) is 15.8. The van der Waals surface area contributed by atoms with E-state index < -0.39 is 0 Å². The van der Waals surface area contributed by atoms with Gasteiger partial charge >= 0.3 is 5.97 Å². The first kappa shape index (κ1) is 18.2. The summed E-state index contributed by atoms with van der Waals surface area (Å²) in [5, 5.41) is 0. The lowest BCUT2D eigenvalue weighted by Gasteiger charge is -2.42. The van der Waals surface area contributed by atoms with Crippen LogP contribution < -0.4 is 0 Å². The minimum Gasteiger partial charge on any atom is -0.459 e. The molecular weight excluding hydrogens is 310 g/mol. The predicted molar refractivity (Wildman–Crippen MR) is 102 cm³/mol. The van der Waals surface area contributed by atoms with E-state index in [1.54, 1.807) is 0 Å². The van der Waals surface area contributed by atoms with Crippen LogP contribution >= 0.6 is 0 Å². The standard InChI is InChI=1S/C22H31NO2/c1-22(2,18-11-5-4-6-12-18)19-13-7-8-14-20(19)25-21(24)17-10-9-15-23(3)16-17/h4-6,10-12,19-20H,7-9,13-16H2,1-3H3/t19-,20-/m0/s1. The number of hydrogen-bond acceptors (Lipinski definition) is 3. The number of likely N-dealkylation sites (N-methyl/N-ethyl adjacent to an activating group) is 1. The average molecular weight is 341 g/mol. The van der Waals surface area contributed by atoms with E-state index in [4.69, 9.17) is 4.74 Å². The molecule has 0 saturated heterocycles. The summed E-state index contributed by atoms with van der Waals surface area (Å²) in [4.78, 5) is 14.9. The van der Waals surface area contributed by atoms with Gasteiger partial charge in [-0.1, -0.05) is 56.7 Å². The summed E-state index contributed by atoms with van der Waals surface area (Å²) in [6.45, 7) is 6.32. The van der Waals surface area contributed by atoms with E-state index >= 15 is 0 Å². The molecule has 136 valence electrons. The van der Waals surface area contributed by atoms with Crippen molar-refractivity contribution in [3.05, 3.63) is 47.5 Å². The molecular formula is C22H31NO2. The van der Waals surface area contributed by atoms with E-state index in [1.165, 1.54) is 12.0 Å². The lowest BCUT2D eigenvalue weighted by atomic mass is 9.66. The Bertz CT molecular complexity index is 620. The molecule has 1 fully saturated rings. The lowest BCUT2D eigenvalue weighted by Crippen LogP contribution is -2.42. The van der Waals surface area contributed by atoms with Crippen LogP contribution in [0.15, 0.2) is 42.0 Å². The summed E-state index contributed by atoms with van der Waals surface area (Å²) in [5.74, 6) is 0.266. The number of ether oxygens (including phenoxy) is 1. The second-order valence-electron chi connectivity index (χ2n) is 8.18. The number of benzene rings is 1. The second-order valence-corrected chi connectivity index (χ2v) is 8.18. The van der Waals surface area contributed by atoms with Gasteiger partial charge < -0.3 is 9.64 Å². The smallest absolute Gasteiger partial charge is 0.335 e. The van der Waals surface area contributed by atoms with Gasteiger partial charge in [0.25, 0.3) is 0 Å². The average Bonchev–Trinajstić information content (AvgIpc) is 2.63. The van der Waals surface area contributed by atoms with Crippen LogP contribution in [-0.2, 0) is 14.9 Å². The summed E-state index contributed by atoms with van der Waals surface area (Å²) in [6.07, 6.45) is 7.49. The zero-order chi connectivity index (χ0) is 17.9. The molecule has 1 aliphatic carbocycles. The monoisotopic (exact) mass is 341 g/mol. The number of carbonyl (C=O) groups excluding carboxylic acids is 1. The molecule has 0 unspecified atom stereocenters. The molecule has 2 atom stereocenters. The van der Waals surface area contributed by atoms with Crippen molar-refractivity contribution in [2.75, 3.05) is 20.1 Å². The van der Waals surface area contributed by atoms with E-state index in [9.17, 15) is 4.79 Å². The predicted octanol–water partition coefficient (Wildman–Crippen LogP) is 4.33. The van der Waals surface area contributed by atoms with Gasteiger partial charge in [0.05, 0.1) is 0 Å². The summed E-state index contributed by atoms with van der Waals surface area (Å²) >= 11 is 0. The maximum absolute atomic E-state index is 12.7. The highest BCUT2D eigenvalue weighted by Crippen LogP contribution is 2.42. The Balaban J connectivity index is 1.75. The molecule has 1 aromatic carbocycles. The molecule has 2 aliphatic rings. The fourth-order valence-corrected chi connectivity index (χ4v) is 4.40. The summed E-state index contributed by atoms with van der Waals surface area (Å²) < 4.78 is 6.07. The summed E-state index contributed by atoms with van der Waals surface area (Å²) in [6, 6.07) is 10.7. The Hall–Kier alpha value is -1.61. The molecule has 0 amide bonds. The molecule has 0 spiro atoms. The van der Waals surface area contributed by atoms with Crippen LogP contribution in [-0.4, -0.2) is 37.1 Å². The van der Waals surface area contributed by atoms with Crippen molar-refractivity contribution in [2.45, 2.75) is 57.5 Å². The number of nitrogens with zero attached hydrogens (tertiary/aromatic N) is 1. The molecule has 25 heavy (non-hydrogen) atoms.